The third kappa shape index (κ3) is 3.92. The molecule has 33 heavy (non-hydrogen) atoms. The average molecular weight is 513 g/mol. The molecule has 4 rings (SSSR count). The summed E-state index contributed by atoms with van der Waals surface area (Å²) in [5.41, 5.74) is 0.594. The fourth-order valence-electron chi connectivity index (χ4n) is 3.83. The first-order valence-corrected chi connectivity index (χ1v) is 13.4. The van der Waals surface area contributed by atoms with Crippen LogP contribution in [0.15, 0.2) is 63.2 Å². The smallest absolute Gasteiger partial charge is 0.295 e. The Morgan fingerprint density at radius 3 is 1.48 bits per heavy atom. The Morgan fingerprint density at radius 2 is 1.09 bits per heavy atom. The highest BCUT2D eigenvalue weighted by Crippen LogP contribution is 2.45. The summed E-state index contributed by atoms with van der Waals surface area (Å²) in [6, 6.07) is 6.80. The summed E-state index contributed by atoms with van der Waals surface area (Å²) >= 11 is 0. The van der Waals surface area contributed by atoms with Crippen LogP contribution in [0, 0.1) is 0 Å². The van der Waals surface area contributed by atoms with E-state index in [-0.39, 0.29) is 44.7 Å². The first-order chi connectivity index (χ1) is 15.1. The molecule has 3 N–H and O–H groups in total. The van der Waals surface area contributed by atoms with E-state index in [0.717, 1.165) is 6.07 Å². The summed E-state index contributed by atoms with van der Waals surface area (Å²) in [5.74, 6) is -0.00168. The molecule has 0 aliphatic carbocycles. The van der Waals surface area contributed by atoms with Gasteiger partial charge in [-0.05, 0) is 24.6 Å². The maximum absolute atomic E-state index is 12.1. The molecule has 0 saturated heterocycles. The van der Waals surface area contributed by atoms with Crippen LogP contribution in [0.1, 0.15) is 6.92 Å². The summed E-state index contributed by atoms with van der Waals surface area (Å²) in [7, 11) is -14.7. The lowest BCUT2D eigenvalue weighted by Crippen LogP contribution is -2.07. The largest absolute Gasteiger partial charge is 0.489 e. The first kappa shape index (κ1) is 23.4. The molecule has 0 bridgehead atoms. The summed E-state index contributed by atoms with van der Waals surface area (Å²) in [4.78, 5) is -2.18. The van der Waals surface area contributed by atoms with E-state index in [1.807, 2.05) is 0 Å². The van der Waals surface area contributed by atoms with Gasteiger partial charge in [0.05, 0.1) is 0 Å². The molecule has 4 aromatic rings. The van der Waals surface area contributed by atoms with Crippen LogP contribution < -0.4 is 4.74 Å². The van der Waals surface area contributed by atoms with E-state index in [1.54, 1.807) is 6.92 Å². The topological polar surface area (TPSA) is 172 Å². The highest BCUT2D eigenvalue weighted by Gasteiger charge is 2.28. The fraction of sp³-hybridized carbons (Fsp3) is 0.100. The van der Waals surface area contributed by atoms with Gasteiger partial charge in [0.15, 0.2) is 0 Å². The van der Waals surface area contributed by atoms with E-state index < -0.39 is 45.0 Å². The van der Waals surface area contributed by atoms with Gasteiger partial charge >= 0.3 is 0 Å². The lowest BCUT2D eigenvalue weighted by atomic mass is 9.93. The molecule has 0 aliphatic heterocycles. The minimum atomic E-state index is -4.97. The predicted molar refractivity (Wildman–Crippen MR) is 120 cm³/mol. The molecule has 0 atom stereocenters. The van der Waals surface area contributed by atoms with Crippen molar-refractivity contribution in [3.8, 4) is 5.75 Å². The Hall–Kier alpha value is -2.81. The van der Waals surface area contributed by atoms with Crippen LogP contribution in [0.3, 0.4) is 0 Å². The molecule has 0 saturated carbocycles. The average Bonchev–Trinajstić information content (AvgIpc) is 2.67. The van der Waals surface area contributed by atoms with Crippen LogP contribution in [0.2, 0.25) is 0 Å². The normalized spacial score (nSPS) is 13.2. The van der Waals surface area contributed by atoms with Crippen molar-refractivity contribution in [3.63, 3.8) is 0 Å². The van der Waals surface area contributed by atoms with Crippen molar-refractivity contribution >= 4 is 62.7 Å². The molecule has 10 nitrogen and oxygen atoms in total. The third-order valence-corrected chi connectivity index (χ3v) is 7.74. The van der Waals surface area contributed by atoms with Crippen LogP contribution in [0.5, 0.6) is 5.75 Å². The van der Waals surface area contributed by atoms with Crippen LogP contribution in [-0.2, 0) is 30.4 Å². The van der Waals surface area contributed by atoms with E-state index in [4.69, 9.17) is 4.74 Å². The molecule has 0 amide bonds. The summed E-state index contributed by atoms with van der Waals surface area (Å²) in [6.45, 7) is 5.35. The summed E-state index contributed by atoms with van der Waals surface area (Å²) in [5, 5.41) is -0.0640. The zero-order valence-corrected chi connectivity index (χ0v) is 19.3. The third-order valence-electron chi connectivity index (χ3n) is 5.05. The van der Waals surface area contributed by atoms with E-state index in [0.29, 0.717) is 11.6 Å². The highest BCUT2D eigenvalue weighted by molar-refractivity contribution is 7.87. The molecule has 0 spiro atoms. The van der Waals surface area contributed by atoms with Crippen LogP contribution in [-0.4, -0.2) is 45.5 Å². The zero-order valence-electron chi connectivity index (χ0n) is 16.8. The summed E-state index contributed by atoms with van der Waals surface area (Å²) < 4.78 is 107. The van der Waals surface area contributed by atoms with Gasteiger partial charge in [-0.1, -0.05) is 24.8 Å². The van der Waals surface area contributed by atoms with Gasteiger partial charge in [-0.25, -0.2) is 0 Å². The second-order valence-corrected chi connectivity index (χ2v) is 11.7. The second kappa shape index (κ2) is 7.35. The van der Waals surface area contributed by atoms with Crippen molar-refractivity contribution in [3.05, 3.63) is 48.6 Å². The molecule has 174 valence electrons. The molecule has 0 fully saturated rings. The van der Waals surface area contributed by atoms with Gasteiger partial charge in [0.1, 0.15) is 27.0 Å². The lowest BCUT2D eigenvalue weighted by molar-refractivity contribution is 0.356. The van der Waals surface area contributed by atoms with E-state index in [1.165, 1.54) is 24.3 Å². The molecular weight excluding hydrogens is 496 g/mol. The standard InChI is InChI=1S/C20H16O10S3/c1-10(2)9-30-15-7-16(31(21,22)23)12-5-6-14-18(33(27,28)29)8-17(32(24,25)26)13-4-3-11(15)19(12)20(13)14/h3-8H,1,9H2,2H3,(H,21,22,23)(H,24,25,26)(H,27,28,29). The van der Waals surface area contributed by atoms with Gasteiger partial charge < -0.3 is 4.74 Å². The van der Waals surface area contributed by atoms with Crippen molar-refractivity contribution in [1.82, 2.24) is 0 Å². The molecule has 0 aromatic heterocycles. The molecule has 0 unspecified atom stereocenters. The second-order valence-electron chi connectivity index (χ2n) is 7.49. The molecule has 0 heterocycles. The molecule has 0 aliphatic rings. The minimum Gasteiger partial charge on any atom is -0.489 e. The Labute approximate surface area is 188 Å². The molecule has 4 aromatic carbocycles. The quantitative estimate of drug-likeness (QED) is 0.198. The molecule has 13 heteroatoms. The molecule has 0 radical (unpaired) electrons. The predicted octanol–water partition coefficient (Wildman–Crippen LogP) is 3.28. The number of rotatable bonds is 6. The zero-order chi connectivity index (χ0) is 24.5. The van der Waals surface area contributed by atoms with Crippen molar-refractivity contribution < 1.29 is 43.6 Å². The number of hydrogen-bond donors (Lipinski definition) is 3. The lowest BCUT2D eigenvalue weighted by Gasteiger charge is -2.19. The number of hydrogen-bond acceptors (Lipinski definition) is 7. The van der Waals surface area contributed by atoms with Crippen LogP contribution >= 0.6 is 0 Å². The van der Waals surface area contributed by atoms with Crippen LogP contribution in [0.4, 0.5) is 0 Å². The van der Waals surface area contributed by atoms with Crippen molar-refractivity contribution in [2.45, 2.75) is 21.6 Å². The van der Waals surface area contributed by atoms with Gasteiger partial charge in [0.2, 0.25) is 0 Å². The molecular formula is C20H16O10S3. The van der Waals surface area contributed by atoms with E-state index >= 15 is 0 Å². The van der Waals surface area contributed by atoms with Gasteiger partial charge in [-0.2, -0.15) is 25.3 Å². The van der Waals surface area contributed by atoms with E-state index in [2.05, 4.69) is 6.58 Å². The maximum atomic E-state index is 12.1. The van der Waals surface area contributed by atoms with Gasteiger partial charge in [0.25, 0.3) is 30.4 Å². The summed E-state index contributed by atoms with van der Waals surface area (Å²) in [6.07, 6.45) is 0. The van der Waals surface area contributed by atoms with E-state index in [9.17, 15) is 38.9 Å². The van der Waals surface area contributed by atoms with Gasteiger partial charge in [0, 0.05) is 38.4 Å². The Morgan fingerprint density at radius 1 is 0.727 bits per heavy atom. The number of ether oxygens (including phenoxy) is 1. The Bertz CT molecular complexity index is 1750. The SMILES string of the molecule is C=C(C)COc1cc(S(=O)(=O)O)c2ccc3c(S(=O)(=O)O)cc(S(=O)(=O)O)c4ccc1c2c43. The fourth-order valence-corrected chi connectivity index (χ4v) is 6.03. The maximum Gasteiger partial charge on any atom is 0.295 e. The van der Waals surface area contributed by atoms with Crippen molar-refractivity contribution in [1.29, 1.82) is 0 Å². The first-order valence-electron chi connectivity index (χ1n) is 9.09. The van der Waals surface area contributed by atoms with Crippen LogP contribution in [0.25, 0.3) is 32.3 Å². The monoisotopic (exact) mass is 512 g/mol. The van der Waals surface area contributed by atoms with Gasteiger partial charge in [-0.3, -0.25) is 13.7 Å². The Kier molecular flexibility index (Phi) is 5.20. The Balaban J connectivity index is 2.36. The van der Waals surface area contributed by atoms with Crippen molar-refractivity contribution in [2.75, 3.05) is 6.61 Å². The minimum absolute atomic E-state index is 0.00168. The highest BCUT2D eigenvalue weighted by atomic mass is 32.2. The van der Waals surface area contributed by atoms with Crippen molar-refractivity contribution in [2.24, 2.45) is 0 Å². The number of benzene rings is 4. The van der Waals surface area contributed by atoms with Gasteiger partial charge in [-0.15, -0.1) is 0 Å².